The van der Waals surface area contributed by atoms with Crippen LogP contribution in [0.5, 0.6) is 5.75 Å². The summed E-state index contributed by atoms with van der Waals surface area (Å²) in [7, 11) is 1.66. The lowest BCUT2D eigenvalue weighted by molar-refractivity contribution is 0.416. The van der Waals surface area contributed by atoms with E-state index in [9.17, 15) is 0 Å². The number of hydrogen-bond donors (Lipinski definition) is 0. The maximum absolute atomic E-state index is 5.68. The van der Waals surface area contributed by atoms with Crippen LogP contribution in [0.25, 0.3) is 0 Å². The number of aliphatic imine (C=N–C) groups is 1. The molecule has 0 atom stereocenters. The molecule has 0 bridgehead atoms. The molecule has 3 nitrogen and oxygen atoms in total. The Hall–Kier alpha value is -2.81. The molecule has 0 saturated heterocycles. The molecule has 3 heteroatoms. The van der Waals surface area contributed by atoms with Crippen LogP contribution in [0.1, 0.15) is 22.5 Å². The third kappa shape index (κ3) is 3.19. The molecule has 0 saturated carbocycles. The Morgan fingerprint density at radius 1 is 1.00 bits per heavy atom. The SMILES string of the molecule is COc1cc(C)ccc1N=C(c1ccccc1)c1occc1C. The van der Waals surface area contributed by atoms with Crippen molar-refractivity contribution in [2.75, 3.05) is 7.11 Å². The fraction of sp³-hybridized carbons (Fsp3) is 0.150. The van der Waals surface area contributed by atoms with Gasteiger partial charge >= 0.3 is 0 Å². The highest BCUT2D eigenvalue weighted by Crippen LogP contribution is 2.30. The van der Waals surface area contributed by atoms with E-state index in [-0.39, 0.29) is 0 Å². The number of benzene rings is 2. The van der Waals surface area contributed by atoms with Crippen molar-refractivity contribution in [2.45, 2.75) is 13.8 Å². The summed E-state index contributed by atoms with van der Waals surface area (Å²) < 4.78 is 11.2. The Kier molecular flexibility index (Phi) is 4.29. The minimum Gasteiger partial charge on any atom is -0.494 e. The highest BCUT2D eigenvalue weighted by molar-refractivity contribution is 6.13. The second-order valence-electron chi connectivity index (χ2n) is 5.43. The van der Waals surface area contributed by atoms with Crippen molar-refractivity contribution in [3.05, 3.63) is 83.3 Å². The Balaban J connectivity index is 2.18. The predicted molar refractivity (Wildman–Crippen MR) is 92.9 cm³/mol. The molecule has 0 unspecified atom stereocenters. The van der Waals surface area contributed by atoms with E-state index in [1.807, 2.05) is 68.4 Å². The third-order valence-electron chi connectivity index (χ3n) is 3.69. The van der Waals surface area contributed by atoms with Gasteiger partial charge in [-0.2, -0.15) is 0 Å². The van der Waals surface area contributed by atoms with Crippen LogP contribution in [-0.2, 0) is 0 Å². The van der Waals surface area contributed by atoms with Crippen LogP contribution >= 0.6 is 0 Å². The van der Waals surface area contributed by atoms with Crippen molar-refractivity contribution in [1.82, 2.24) is 0 Å². The van der Waals surface area contributed by atoms with Crippen molar-refractivity contribution in [1.29, 1.82) is 0 Å². The van der Waals surface area contributed by atoms with E-state index in [4.69, 9.17) is 14.1 Å². The molecular weight excluding hydrogens is 286 g/mol. The number of aryl methyl sites for hydroxylation is 2. The first-order valence-electron chi connectivity index (χ1n) is 7.52. The van der Waals surface area contributed by atoms with Crippen LogP contribution in [0.4, 0.5) is 5.69 Å². The highest BCUT2D eigenvalue weighted by atomic mass is 16.5. The molecule has 23 heavy (non-hydrogen) atoms. The zero-order chi connectivity index (χ0) is 16.2. The summed E-state index contributed by atoms with van der Waals surface area (Å²) in [6.07, 6.45) is 1.69. The molecule has 3 rings (SSSR count). The van der Waals surface area contributed by atoms with Gasteiger partial charge in [-0.3, -0.25) is 0 Å². The zero-order valence-corrected chi connectivity index (χ0v) is 13.5. The summed E-state index contributed by atoms with van der Waals surface area (Å²) in [5.74, 6) is 1.53. The summed E-state index contributed by atoms with van der Waals surface area (Å²) >= 11 is 0. The van der Waals surface area contributed by atoms with E-state index in [2.05, 4.69) is 0 Å². The first kappa shape index (κ1) is 15.1. The van der Waals surface area contributed by atoms with Crippen molar-refractivity contribution in [3.8, 4) is 5.75 Å². The second kappa shape index (κ2) is 6.53. The monoisotopic (exact) mass is 305 g/mol. The Morgan fingerprint density at radius 3 is 2.43 bits per heavy atom. The molecule has 0 aliphatic heterocycles. The number of rotatable bonds is 4. The van der Waals surface area contributed by atoms with E-state index < -0.39 is 0 Å². The topological polar surface area (TPSA) is 34.7 Å². The van der Waals surface area contributed by atoms with Gasteiger partial charge in [-0.05, 0) is 43.2 Å². The van der Waals surface area contributed by atoms with Gasteiger partial charge in [0, 0.05) is 5.56 Å². The van der Waals surface area contributed by atoms with Gasteiger partial charge in [-0.25, -0.2) is 4.99 Å². The maximum atomic E-state index is 5.68. The van der Waals surface area contributed by atoms with Crippen LogP contribution in [-0.4, -0.2) is 12.8 Å². The van der Waals surface area contributed by atoms with Crippen molar-refractivity contribution >= 4 is 11.4 Å². The van der Waals surface area contributed by atoms with E-state index in [1.165, 1.54) is 0 Å². The van der Waals surface area contributed by atoms with Gasteiger partial charge in [0.05, 0.1) is 13.4 Å². The Bertz CT molecular complexity index is 832. The number of ether oxygens (including phenoxy) is 1. The minimum absolute atomic E-state index is 0.752. The first-order valence-corrected chi connectivity index (χ1v) is 7.52. The van der Waals surface area contributed by atoms with Crippen LogP contribution < -0.4 is 4.74 Å². The predicted octanol–water partition coefficient (Wildman–Crippen LogP) is 5.07. The van der Waals surface area contributed by atoms with Crippen molar-refractivity contribution in [2.24, 2.45) is 4.99 Å². The number of methoxy groups -OCH3 is 1. The quantitative estimate of drug-likeness (QED) is 0.630. The van der Waals surface area contributed by atoms with Gasteiger partial charge in [0.2, 0.25) is 0 Å². The standard InChI is InChI=1S/C20H19NO2/c1-14-9-10-17(18(13-14)22-3)21-19(16-7-5-4-6-8-16)20-15(2)11-12-23-20/h4-13H,1-3H3. The molecule has 0 N–H and O–H groups in total. The van der Waals surface area contributed by atoms with Gasteiger partial charge in [-0.1, -0.05) is 36.4 Å². The summed E-state index contributed by atoms with van der Waals surface area (Å²) in [5.41, 5.74) is 4.78. The summed E-state index contributed by atoms with van der Waals surface area (Å²) in [5, 5.41) is 0. The fourth-order valence-electron chi connectivity index (χ4n) is 2.46. The van der Waals surface area contributed by atoms with E-state index >= 15 is 0 Å². The molecule has 0 amide bonds. The number of nitrogens with zero attached hydrogens (tertiary/aromatic N) is 1. The first-order chi connectivity index (χ1) is 11.2. The van der Waals surface area contributed by atoms with Crippen LogP contribution in [0.2, 0.25) is 0 Å². The van der Waals surface area contributed by atoms with Crippen molar-refractivity contribution < 1.29 is 9.15 Å². The highest BCUT2D eigenvalue weighted by Gasteiger charge is 2.14. The second-order valence-corrected chi connectivity index (χ2v) is 5.43. The van der Waals surface area contributed by atoms with Crippen molar-refractivity contribution in [3.63, 3.8) is 0 Å². The van der Waals surface area contributed by atoms with Crippen LogP contribution in [0, 0.1) is 13.8 Å². The number of hydrogen-bond acceptors (Lipinski definition) is 3. The van der Waals surface area contributed by atoms with Gasteiger partial charge < -0.3 is 9.15 Å². The molecule has 0 radical (unpaired) electrons. The fourth-order valence-corrected chi connectivity index (χ4v) is 2.46. The van der Waals surface area contributed by atoms with Gasteiger partial charge in [0.1, 0.15) is 17.1 Å². The molecule has 0 fully saturated rings. The lowest BCUT2D eigenvalue weighted by Crippen LogP contribution is -2.03. The zero-order valence-electron chi connectivity index (χ0n) is 13.5. The molecular formula is C20H19NO2. The molecule has 0 spiro atoms. The molecule has 116 valence electrons. The van der Waals surface area contributed by atoms with E-state index in [0.717, 1.165) is 39.6 Å². The normalized spacial score (nSPS) is 11.5. The molecule has 0 aliphatic carbocycles. The average molecular weight is 305 g/mol. The Labute approximate surface area is 136 Å². The molecule has 1 heterocycles. The summed E-state index contributed by atoms with van der Waals surface area (Å²) in [4.78, 5) is 4.84. The average Bonchev–Trinajstić information content (AvgIpc) is 3.00. The summed E-state index contributed by atoms with van der Waals surface area (Å²) in [6.45, 7) is 4.05. The third-order valence-corrected chi connectivity index (χ3v) is 3.69. The van der Waals surface area contributed by atoms with Gasteiger partial charge in [-0.15, -0.1) is 0 Å². The molecule has 1 aromatic heterocycles. The maximum Gasteiger partial charge on any atom is 0.155 e. The lowest BCUT2D eigenvalue weighted by atomic mass is 10.1. The molecule has 0 aliphatic rings. The van der Waals surface area contributed by atoms with Gasteiger partial charge in [0.25, 0.3) is 0 Å². The summed E-state index contributed by atoms with van der Waals surface area (Å²) in [6, 6.07) is 18.0. The van der Waals surface area contributed by atoms with E-state index in [1.54, 1.807) is 13.4 Å². The van der Waals surface area contributed by atoms with Crippen LogP contribution in [0.3, 0.4) is 0 Å². The smallest absolute Gasteiger partial charge is 0.155 e. The Morgan fingerprint density at radius 2 is 1.78 bits per heavy atom. The number of furan rings is 1. The molecule has 3 aromatic rings. The largest absolute Gasteiger partial charge is 0.494 e. The minimum atomic E-state index is 0.752. The molecule has 2 aromatic carbocycles. The van der Waals surface area contributed by atoms with Gasteiger partial charge in [0.15, 0.2) is 5.76 Å². The van der Waals surface area contributed by atoms with E-state index in [0.29, 0.717) is 0 Å². The lowest BCUT2D eigenvalue weighted by Gasteiger charge is -2.09. The van der Waals surface area contributed by atoms with Crippen LogP contribution in [0.15, 0.2) is 70.3 Å².